The van der Waals surface area contributed by atoms with Gasteiger partial charge in [-0.15, -0.1) is 0 Å². The Morgan fingerprint density at radius 2 is 2.11 bits per heavy atom. The third-order valence-electron chi connectivity index (χ3n) is 2.35. The molecule has 1 aromatic rings. The first-order valence-electron chi connectivity index (χ1n) is 5.72. The van der Waals surface area contributed by atoms with Crippen molar-refractivity contribution < 1.29 is 19.6 Å². The summed E-state index contributed by atoms with van der Waals surface area (Å²) in [7, 11) is 0. The van der Waals surface area contributed by atoms with Crippen molar-refractivity contribution in [3.63, 3.8) is 0 Å². The zero-order valence-corrected chi connectivity index (χ0v) is 11.0. The SMILES string of the molecule is CC(C)(C)CCOc1nc(C(=O)O)ccc1[N+](=O)[O-]. The molecule has 0 atom stereocenters. The van der Waals surface area contributed by atoms with Crippen LogP contribution in [0, 0.1) is 15.5 Å². The minimum atomic E-state index is -1.25. The number of carbonyl (C=O) groups is 1. The second-order valence-corrected chi connectivity index (χ2v) is 5.24. The smallest absolute Gasteiger partial charge is 0.354 e. The molecule has 1 heterocycles. The summed E-state index contributed by atoms with van der Waals surface area (Å²) in [6.45, 7) is 6.25. The first-order valence-corrected chi connectivity index (χ1v) is 5.72. The normalized spacial score (nSPS) is 11.1. The lowest BCUT2D eigenvalue weighted by atomic mass is 9.93. The molecule has 1 aromatic heterocycles. The molecule has 104 valence electrons. The number of pyridine rings is 1. The van der Waals surface area contributed by atoms with Gasteiger partial charge in [-0.05, 0) is 17.9 Å². The van der Waals surface area contributed by atoms with Crippen LogP contribution in [-0.2, 0) is 0 Å². The maximum absolute atomic E-state index is 10.8. The monoisotopic (exact) mass is 268 g/mol. The Kier molecular flexibility index (Phi) is 4.42. The fraction of sp³-hybridized carbons (Fsp3) is 0.500. The van der Waals surface area contributed by atoms with E-state index in [0.717, 1.165) is 12.1 Å². The van der Waals surface area contributed by atoms with E-state index in [1.54, 1.807) is 0 Å². The maximum atomic E-state index is 10.8. The number of aromatic nitrogens is 1. The van der Waals surface area contributed by atoms with Crippen LogP contribution in [0.25, 0.3) is 0 Å². The van der Waals surface area contributed by atoms with E-state index in [-0.39, 0.29) is 29.3 Å². The molecule has 0 amide bonds. The Balaban J connectivity index is 2.92. The lowest BCUT2D eigenvalue weighted by Crippen LogP contribution is -2.13. The predicted octanol–water partition coefficient (Wildman–Crippen LogP) is 2.50. The Morgan fingerprint density at radius 1 is 1.47 bits per heavy atom. The van der Waals surface area contributed by atoms with Gasteiger partial charge in [-0.1, -0.05) is 20.8 Å². The van der Waals surface area contributed by atoms with E-state index < -0.39 is 10.9 Å². The van der Waals surface area contributed by atoms with Crippen LogP contribution in [0.15, 0.2) is 12.1 Å². The molecule has 0 saturated carbocycles. The van der Waals surface area contributed by atoms with Gasteiger partial charge in [0.1, 0.15) is 0 Å². The molecule has 0 radical (unpaired) electrons. The van der Waals surface area contributed by atoms with Crippen LogP contribution < -0.4 is 4.74 Å². The maximum Gasteiger partial charge on any atom is 0.354 e. The van der Waals surface area contributed by atoms with Crippen molar-refractivity contribution in [1.82, 2.24) is 4.98 Å². The third kappa shape index (κ3) is 4.53. The quantitative estimate of drug-likeness (QED) is 0.650. The second kappa shape index (κ2) is 5.64. The predicted molar refractivity (Wildman–Crippen MR) is 67.4 cm³/mol. The summed E-state index contributed by atoms with van der Waals surface area (Å²) in [6, 6.07) is 2.17. The second-order valence-electron chi connectivity index (χ2n) is 5.24. The van der Waals surface area contributed by atoms with Crippen LogP contribution in [0.1, 0.15) is 37.7 Å². The molecule has 0 aliphatic rings. The van der Waals surface area contributed by atoms with Gasteiger partial charge in [-0.3, -0.25) is 10.1 Å². The summed E-state index contributed by atoms with van der Waals surface area (Å²) >= 11 is 0. The van der Waals surface area contributed by atoms with Gasteiger partial charge in [0.15, 0.2) is 5.69 Å². The Hall–Kier alpha value is -2.18. The minimum absolute atomic E-state index is 0.0131. The molecule has 7 nitrogen and oxygen atoms in total. The number of aromatic carboxylic acids is 1. The van der Waals surface area contributed by atoms with Crippen molar-refractivity contribution in [2.45, 2.75) is 27.2 Å². The molecular formula is C12H16N2O5. The van der Waals surface area contributed by atoms with Gasteiger partial charge in [0.05, 0.1) is 11.5 Å². The number of rotatable bonds is 5. The standard InChI is InChI=1S/C12H16N2O5/c1-12(2,3)6-7-19-10-9(14(17)18)5-4-8(13-10)11(15)16/h4-5H,6-7H2,1-3H3,(H,15,16). The molecule has 0 saturated heterocycles. The van der Waals surface area contributed by atoms with Gasteiger partial charge < -0.3 is 9.84 Å². The van der Waals surface area contributed by atoms with E-state index in [2.05, 4.69) is 4.98 Å². The summed E-state index contributed by atoms with van der Waals surface area (Å²) in [5, 5.41) is 19.6. The summed E-state index contributed by atoms with van der Waals surface area (Å²) < 4.78 is 5.25. The van der Waals surface area contributed by atoms with Crippen LogP contribution in [-0.4, -0.2) is 27.6 Å². The molecule has 19 heavy (non-hydrogen) atoms. The number of carboxylic acids is 1. The van der Waals surface area contributed by atoms with E-state index in [1.807, 2.05) is 20.8 Å². The topological polar surface area (TPSA) is 103 Å². The lowest BCUT2D eigenvalue weighted by molar-refractivity contribution is -0.386. The van der Waals surface area contributed by atoms with Crippen LogP contribution in [0.4, 0.5) is 5.69 Å². The molecule has 0 aliphatic carbocycles. The molecule has 0 bridgehead atoms. The summed E-state index contributed by atoms with van der Waals surface area (Å²) in [5.74, 6) is -1.51. The first-order chi connectivity index (χ1) is 8.70. The van der Waals surface area contributed by atoms with E-state index in [0.29, 0.717) is 6.42 Å². The molecule has 0 fully saturated rings. The largest absolute Gasteiger partial charge is 0.477 e. The number of hydrogen-bond donors (Lipinski definition) is 1. The molecular weight excluding hydrogens is 252 g/mol. The van der Waals surface area contributed by atoms with Gasteiger partial charge in [0.25, 0.3) is 5.88 Å². The number of nitrogens with zero attached hydrogens (tertiary/aromatic N) is 2. The summed E-state index contributed by atoms with van der Waals surface area (Å²) in [4.78, 5) is 24.6. The first kappa shape index (κ1) is 14.9. The Labute approximate surface area is 110 Å². The molecule has 0 spiro atoms. The number of carboxylic acid groups (broad SMARTS) is 1. The van der Waals surface area contributed by atoms with Crippen molar-refractivity contribution in [1.29, 1.82) is 0 Å². The van der Waals surface area contributed by atoms with Crippen LogP contribution in [0.5, 0.6) is 5.88 Å². The third-order valence-corrected chi connectivity index (χ3v) is 2.35. The molecule has 7 heteroatoms. The van der Waals surface area contributed by atoms with E-state index >= 15 is 0 Å². The highest BCUT2D eigenvalue weighted by Gasteiger charge is 2.20. The van der Waals surface area contributed by atoms with Crippen LogP contribution in [0.2, 0.25) is 0 Å². The average Bonchev–Trinajstić information content (AvgIpc) is 2.26. The van der Waals surface area contributed by atoms with Gasteiger partial charge in [-0.2, -0.15) is 0 Å². The zero-order valence-electron chi connectivity index (χ0n) is 11.0. The van der Waals surface area contributed by atoms with Gasteiger partial charge in [0.2, 0.25) is 0 Å². The fourth-order valence-electron chi connectivity index (χ4n) is 1.25. The van der Waals surface area contributed by atoms with Crippen molar-refractivity contribution in [3.8, 4) is 5.88 Å². The highest BCUT2D eigenvalue weighted by molar-refractivity contribution is 5.85. The summed E-state index contributed by atoms with van der Waals surface area (Å²) in [5.41, 5.74) is -0.602. The average molecular weight is 268 g/mol. The van der Waals surface area contributed by atoms with Gasteiger partial charge >= 0.3 is 11.7 Å². The number of hydrogen-bond acceptors (Lipinski definition) is 5. The van der Waals surface area contributed by atoms with Crippen molar-refractivity contribution in [3.05, 3.63) is 27.9 Å². The van der Waals surface area contributed by atoms with Crippen molar-refractivity contribution in [2.24, 2.45) is 5.41 Å². The lowest BCUT2D eigenvalue weighted by Gasteiger charge is -2.17. The Bertz CT molecular complexity index is 493. The van der Waals surface area contributed by atoms with E-state index in [1.165, 1.54) is 0 Å². The minimum Gasteiger partial charge on any atom is -0.477 e. The van der Waals surface area contributed by atoms with Crippen molar-refractivity contribution in [2.75, 3.05) is 6.61 Å². The molecule has 1 rings (SSSR count). The zero-order chi connectivity index (χ0) is 14.6. The Morgan fingerprint density at radius 3 is 2.58 bits per heavy atom. The molecule has 0 unspecified atom stereocenters. The van der Waals surface area contributed by atoms with Crippen molar-refractivity contribution >= 4 is 11.7 Å². The number of ether oxygens (including phenoxy) is 1. The number of nitro groups is 1. The molecule has 0 aromatic carbocycles. The molecule has 0 aliphatic heterocycles. The van der Waals surface area contributed by atoms with Gasteiger partial charge in [0, 0.05) is 6.07 Å². The van der Waals surface area contributed by atoms with Crippen LogP contribution in [0.3, 0.4) is 0 Å². The van der Waals surface area contributed by atoms with Crippen LogP contribution >= 0.6 is 0 Å². The fourth-order valence-corrected chi connectivity index (χ4v) is 1.25. The van der Waals surface area contributed by atoms with Gasteiger partial charge in [-0.25, -0.2) is 9.78 Å². The molecule has 1 N–H and O–H groups in total. The highest BCUT2D eigenvalue weighted by Crippen LogP contribution is 2.26. The van der Waals surface area contributed by atoms with E-state index in [9.17, 15) is 14.9 Å². The highest BCUT2D eigenvalue weighted by atomic mass is 16.6. The van der Waals surface area contributed by atoms with E-state index in [4.69, 9.17) is 9.84 Å². The summed E-state index contributed by atoms with van der Waals surface area (Å²) in [6.07, 6.45) is 0.670.